The zero-order valence-electron chi connectivity index (χ0n) is 14.4. The molecule has 3 rings (SSSR count). The molecular formula is C21H23NRh. The molecule has 0 spiro atoms. The summed E-state index contributed by atoms with van der Waals surface area (Å²) in [5.41, 5.74) is 8.35. The predicted molar refractivity (Wildman–Crippen MR) is 94.4 cm³/mol. The van der Waals surface area contributed by atoms with Gasteiger partial charge in [-0.1, -0.05) is 0 Å². The van der Waals surface area contributed by atoms with Gasteiger partial charge in [0.2, 0.25) is 0 Å². The van der Waals surface area contributed by atoms with Crippen LogP contribution in [0.5, 0.6) is 0 Å². The van der Waals surface area contributed by atoms with Crippen LogP contribution in [0.1, 0.15) is 34.6 Å². The molecule has 0 aliphatic heterocycles. The Hall–Kier alpha value is -1.53. The van der Waals surface area contributed by atoms with Crippen molar-refractivity contribution in [3.8, 4) is 11.3 Å². The van der Waals surface area contributed by atoms with Gasteiger partial charge >= 0.3 is 147 Å². The Kier molecular flexibility index (Phi) is 4.38. The van der Waals surface area contributed by atoms with E-state index in [0.29, 0.717) is 0 Å². The molecule has 0 N–H and O–H groups in total. The first-order chi connectivity index (χ1) is 10.9. The van der Waals surface area contributed by atoms with Crippen molar-refractivity contribution in [2.24, 2.45) is 0 Å². The number of allylic oxidation sites excluding steroid dienone is 4. The Balaban J connectivity index is 2.06. The van der Waals surface area contributed by atoms with Crippen molar-refractivity contribution in [1.29, 1.82) is 0 Å². The van der Waals surface area contributed by atoms with Gasteiger partial charge in [0.1, 0.15) is 0 Å². The molecule has 0 saturated carbocycles. The maximum atomic E-state index is 4.70. The van der Waals surface area contributed by atoms with Crippen LogP contribution >= 0.6 is 0 Å². The SMILES string of the molecule is CC1=C(C)[C](C)([Rh][c]2cccnc2-c2ccccc2)C(C)=C1C. The third kappa shape index (κ3) is 2.74. The Bertz CT molecular complexity index is 776. The van der Waals surface area contributed by atoms with Crippen molar-refractivity contribution in [2.75, 3.05) is 0 Å². The van der Waals surface area contributed by atoms with Crippen molar-refractivity contribution in [2.45, 2.75) is 38.6 Å². The summed E-state index contributed by atoms with van der Waals surface area (Å²) in [6.45, 7) is 11.5. The van der Waals surface area contributed by atoms with E-state index in [-0.39, 0.29) is 21.1 Å². The fraction of sp³-hybridized carbons (Fsp3) is 0.286. The summed E-state index contributed by atoms with van der Waals surface area (Å²) in [4.78, 5) is 4.70. The van der Waals surface area contributed by atoms with Crippen LogP contribution in [0.2, 0.25) is 4.01 Å². The van der Waals surface area contributed by atoms with Crippen molar-refractivity contribution in [3.05, 3.63) is 71.0 Å². The molecule has 2 aromatic rings. The van der Waals surface area contributed by atoms with Gasteiger partial charge in [-0.2, -0.15) is 0 Å². The van der Waals surface area contributed by atoms with Crippen LogP contribution in [0.25, 0.3) is 11.3 Å². The van der Waals surface area contributed by atoms with Gasteiger partial charge in [-0.05, 0) is 0 Å². The normalized spacial score (nSPS) is 17.3. The third-order valence-electron chi connectivity index (χ3n) is 5.11. The average Bonchev–Trinajstić information content (AvgIpc) is 2.72. The van der Waals surface area contributed by atoms with Gasteiger partial charge < -0.3 is 0 Å². The zero-order valence-corrected chi connectivity index (χ0v) is 16.0. The minimum atomic E-state index is 0.168. The van der Waals surface area contributed by atoms with Gasteiger partial charge in [0.15, 0.2) is 0 Å². The topological polar surface area (TPSA) is 12.9 Å². The van der Waals surface area contributed by atoms with Gasteiger partial charge in [0.05, 0.1) is 0 Å². The molecule has 1 aliphatic rings. The van der Waals surface area contributed by atoms with Crippen LogP contribution in [-0.2, 0) is 17.1 Å². The maximum absolute atomic E-state index is 4.70. The number of hydrogen-bond donors (Lipinski definition) is 0. The van der Waals surface area contributed by atoms with Gasteiger partial charge in [-0.3, -0.25) is 0 Å². The molecule has 0 saturated heterocycles. The van der Waals surface area contributed by atoms with E-state index in [1.54, 1.807) is 0 Å². The standard InChI is InChI=1S/C11H8N.C10H15.Rh/c1-2-6-10(7-3-1)11-8-4-5-9-12-11;1-6-7(2)9(4)10(5)8(6)3;/h1-7,9H;1-5H3;. The van der Waals surface area contributed by atoms with Crippen molar-refractivity contribution in [3.63, 3.8) is 0 Å². The fourth-order valence-electron chi connectivity index (χ4n) is 3.08. The molecule has 0 unspecified atom stereocenters. The van der Waals surface area contributed by atoms with Gasteiger partial charge in [-0.15, -0.1) is 0 Å². The van der Waals surface area contributed by atoms with Gasteiger partial charge in [0, 0.05) is 0 Å². The zero-order chi connectivity index (χ0) is 16.6. The first kappa shape index (κ1) is 16.3. The van der Waals surface area contributed by atoms with Crippen LogP contribution in [0, 0.1) is 0 Å². The quantitative estimate of drug-likeness (QED) is 0.645. The third-order valence-corrected chi connectivity index (χ3v) is 8.26. The van der Waals surface area contributed by atoms with E-state index in [1.165, 1.54) is 32.0 Å². The molecule has 1 aromatic carbocycles. The van der Waals surface area contributed by atoms with E-state index in [0.717, 1.165) is 5.69 Å². The van der Waals surface area contributed by atoms with E-state index < -0.39 is 0 Å². The number of rotatable bonds is 3. The molecule has 1 aromatic heterocycles. The number of benzene rings is 1. The summed E-state index contributed by atoms with van der Waals surface area (Å²) < 4.78 is 1.56. The number of pyridine rings is 1. The molecule has 0 radical (unpaired) electrons. The van der Waals surface area contributed by atoms with Crippen LogP contribution in [0.4, 0.5) is 0 Å². The van der Waals surface area contributed by atoms with E-state index in [2.05, 4.69) is 77.1 Å². The summed E-state index contributed by atoms with van der Waals surface area (Å²) in [6.07, 6.45) is 1.90. The molecule has 0 fully saturated rings. The second kappa shape index (κ2) is 6.17. The van der Waals surface area contributed by atoms with Crippen molar-refractivity contribution in [1.82, 2.24) is 4.98 Å². The Morgan fingerprint density at radius 2 is 1.43 bits per heavy atom. The molecule has 1 heterocycles. The predicted octanol–water partition coefficient (Wildman–Crippen LogP) is 5.32. The molecule has 0 bridgehead atoms. The summed E-state index contributed by atoms with van der Waals surface area (Å²) in [5.74, 6) is 0. The number of aromatic nitrogens is 1. The van der Waals surface area contributed by atoms with E-state index in [4.69, 9.17) is 4.98 Å². The summed E-state index contributed by atoms with van der Waals surface area (Å²) in [7, 11) is 0. The average molecular weight is 392 g/mol. The molecule has 1 aliphatic carbocycles. The monoisotopic (exact) mass is 392 g/mol. The van der Waals surface area contributed by atoms with Gasteiger partial charge in [-0.25, -0.2) is 0 Å². The van der Waals surface area contributed by atoms with E-state index in [1.807, 2.05) is 6.20 Å². The van der Waals surface area contributed by atoms with Crippen molar-refractivity contribution >= 4 is 4.16 Å². The van der Waals surface area contributed by atoms with Crippen LogP contribution in [-0.4, -0.2) is 4.98 Å². The molecule has 0 amide bonds. The first-order valence-electron chi connectivity index (χ1n) is 7.93. The minimum absolute atomic E-state index is 0.168. The number of nitrogens with zero attached hydrogens (tertiary/aromatic N) is 1. The first-order valence-corrected chi connectivity index (χ1v) is 9.57. The Morgan fingerprint density at radius 3 is 2.04 bits per heavy atom. The fourth-order valence-corrected chi connectivity index (χ4v) is 6.03. The van der Waals surface area contributed by atoms with Crippen LogP contribution in [0.15, 0.2) is 71.0 Å². The summed E-state index contributed by atoms with van der Waals surface area (Å²) in [6, 6.07) is 14.9. The second-order valence-electron chi connectivity index (χ2n) is 6.22. The molecule has 1 nitrogen and oxygen atoms in total. The second-order valence-corrected chi connectivity index (χ2v) is 9.15. The Morgan fingerprint density at radius 1 is 0.826 bits per heavy atom. The summed E-state index contributed by atoms with van der Waals surface area (Å²) >= 11 is 0.222. The van der Waals surface area contributed by atoms with Crippen molar-refractivity contribution < 1.29 is 17.1 Å². The molecule has 23 heavy (non-hydrogen) atoms. The molecule has 0 atom stereocenters. The van der Waals surface area contributed by atoms with E-state index in [9.17, 15) is 0 Å². The van der Waals surface area contributed by atoms with E-state index >= 15 is 0 Å². The molecule has 121 valence electrons. The summed E-state index contributed by atoms with van der Waals surface area (Å²) in [5, 5.41) is 0. The van der Waals surface area contributed by atoms with Crippen LogP contribution < -0.4 is 4.16 Å². The molecular weight excluding hydrogens is 369 g/mol. The Labute approximate surface area is 147 Å². The molecule has 2 heteroatoms. The van der Waals surface area contributed by atoms with Crippen LogP contribution in [0.3, 0.4) is 0 Å². The number of hydrogen-bond acceptors (Lipinski definition) is 1. The van der Waals surface area contributed by atoms with Gasteiger partial charge in [0.25, 0.3) is 0 Å².